The van der Waals surface area contributed by atoms with Crippen LogP contribution in [0.15, 0.2) is 48.5 Å². The second kappa shape index (κ2) is 11.3. The Hall–Kier alpha value is -2.94. The van der Waals surface area contributed by atoms with Crippen molar-refractivity contribution in [1.29, 1.82) is 0 Å². The zero-order valence-electron chi connectivity index (χ0n) is 19.7. The highest BCUT2D eigenvalue weighted by atomic mass is 32.2. The van der Waals surface area contributed by atoms with E-state index in [1.807, 2.05) is 13.8 Å². The number of benzene rings is 2. The van der Waals surface area contributed by atoms with E-state index in [1.54, 1.807) is 44.2 Å². The number of carbonyl (C=O) groups excluding carboxylic acids is 2. The van der Waals surface area contributed by atoms with E-state index in [-0.39, 0.29) is 18.2 Å². The molecule has 0 saturated heterocycles. The highest BCUT2D eigenvalue weighted by Gasteiger charge is 2.31. The Bertz CT molecular complexity index is 1090. The predicted molar refractivity (Wildman–Crippen MR) is 128 cm³/mol. The van der Waals surface area contributed by atoms with E-state index in [2.05, 4.69) is 5.32 Å². The molecule has 2 aromatic rings. The van der Waals surface area contributed by atoms with Gasteiger partial charge in [0.15, 0.2) is 0 Å². The van der Waals surface area contributed by atoms with Crippen LogP contribution in [-0.2, 0) is 26.2 Å². The maximum Gasteiger partial charge on any atom is 0.244 e. The molecule has 0 saturated carbocycles. The van der Waals surface area contributed by atoms with Crippen LogP contribution >= 0.6 is 0 Å². The molecule has 0 aliphatic carbocycles. The van der Waals surface area contributed by atoms with Gasteiger partial charge in [-0.1, -0.05) is 43.3 Å². The van der Waals surface area contributed by atoms with Crippen LogP contribution in [0.1, 0.15) is 38.3 Å². The Morgan fingerprint density at radius 2 is 1.67 bits per heavy atom. The number of sulfonamides is 1. The van der Waals surface area contributed by atoms with Crippen molar-refractivity contribution in [3.63, 3.8) is 0 Å². The standard InChI is InChI=1S/C24H32FN3O4S/c1-6-18(3)26-24(30)19(4)27(15-20-12-8-9-13-21(20)25)23(29)16-28(33(5,31)32)22-14-10-7-11-17(22)2/h7-14,18-19H,6,15-16H2,1-5H3,(H,26,30)/t18-,19-/m1/s1. The summed E-state index contributed by atoms with van der Waals surface area (Å²) in [4.78, 5) is 27.4. The van der Waals surface area contributed by atoms with Crippen molar-refractivity contribution in [2.45, 2.75) is 52.7 Å². The molecule has 0 radical (unpaired) electrons. The number of rotatable bonds is 10. The third kappa shape index (κ3) is 7.02. The average molecular weight is 478 g/mol. The molecule has 0 heterocycles. The molecule has 9 heteroatoms. The molecule has 7 nitrogen and oxygen atoms in total. The molecule has 0 spiro atoms. The summed E-state index contributed by atoms with van der Waals surface area (Å²) in [7, 11) is -3.81. The topological polar surface area (TPSA) is 86.8 Å². The zero-order valence-corrected chi connectivity index (χ0v) is 20.5. The Balaban J connectivity index is 2.41. The average Bonchev–Trinajstić information content (AvgIpc) is 2.76. The van der Waals surface area contributed by atoms with Gasteiger partial charge in [-0.25, -0.2) is 12.8 Å². The van der Waals surface area contributed by atoms with Gasteiger partial charge in [0.25, 0.3) is 0 Å². The van der Waals surface area contributed by atoms with Gasteiger partial charge in [0.05, 0.1) is 11.9 Å². The number of nitrogens with one attached hydrogen (secondary N) is 1. The van der Waals surface area contributed by atoms with Gasteiger partial charge in [0.1, 0.15) is 18.4 Å². The Morgan fingerprint density at radius 1 is 1.06 bits per heavy atom. The molecule has 33 heavy (non-hydrogen) atoms. The SMILES string of the molecule is CC[C@@H](C)NC(=O)[C@@H](C)N(Cc1ccccc1F)C(=O)CN(c1ccccc1C)S(C)(=O)=O. The first-order valence-corrected chi connectivity index (χ1v) is 12.7. The van der Waals surface area contributed by atoms with Crippen molar-refractivity contribution >= 4 is 27.5 Å². The number of para-hydroxylation sites is 1. The summed E-state index contributed by atoms with van der Waals surface area (Å²) < 4.78 is 40.5. The van der Waals surface area contributed by atoms with Crippen LogP contribution in [0.4, 0.5) is 10.1 Å². The van der Waals surface area contributed by atoms with Crippen molar-refractivity contribution in [3.8, 4) is 0 Å². The molecule has 180 valence electrons. The highest BCUT2D eigenvalue weighted by Crippen LogP contribution is 2.23. The van der Waals surface area contributed by atoms with Crippen molar-refractivity contribution in [3.05, 3.63) is 65.5 Å². The Labute approximate surface area is 195 Å². The number of hydrogen-bond donors (Lipinski definition) is 1. The predicted octanol–water partition coefficient (Wildman–Crippen LogP) is 3.23. The monoisotopic (exact) mass is 477 g/mol. The van der Waals surface area contributed by atoms with Gasteiger partial charge < -0.3 is 10.2 Å². The first kappa shape index (κ1) is 26.3. The molecule has 0 bridgehead atoms. The number of aryl methyl sites for hydroxylation is 1. The van der Waals surface area contributed by atoms with Crippen molar-refractivity contribution in [2.75, 3.05) is 17.1 Å². The van der Waals surface area contributed by atoms with Crippen LogP contribution in [0.2, 0.25) is 0 Å². The summed E-state index contributed by atoms with van der Waals surface area (Å²) in [6, 6.07) is 11.8. The summed E-state index contributed by atoms with van der Waals surface area (Å²) in [6.07, 6.45) is 1.72. The molecule has 1 N–H and O–H groups in total. The molecule has 2 aromatic carbocycles. The highest BCUT2D eigenvalue weighted by molar-refractivity contribution is 7.92. The molecule has 2 rings (SSSR count). The quantitative estimate of drug-likeness (QED) is 0.569. The molecule has 0 unspecified atom stereocenters. The van der Waals surface area contributed by atoms with Gasteiger partial charge >= 0.3 is 0 Å². The van der Waals surface area contributed by atoms with Crippen LogP contribution in [0.5, 0.6) is 0 Å². The minimum absolute atomic E-state index is 0.107. The van der Waals surface area contributed by atoms with Gasteiger partial charge in [-0.05, 0) is 44.9 Å². The van der Waals surface area contributed by atoms with Gasteiger partial charge in [-0.2, -0.15) is 0 Å². The fraction of sp³-hybridized carbons (Fsp3) is 0.417. The van der Waals surface area contributed by atoms with Gasteiger partial charge in [0.2, 0.25) is 21.8 Å². The van der Waals surface area contributed by atoms with E-state index < -0.39 is 40.2 Å². The summed E-state index contributed by atoms with van der Waals surface area (Å²) in [5.74, 6) is -1.52. The fourth-order valence-corrected chi connectivity index (χ4v) is 4.20. The zero-order chi connectivity index (χ0) is 24.8. The smallest absolute Gasteiger partial charge is 0.244 e. The second-order valence-electron chi connectivity index (χ2n) is 8.16. The molecule has 2 atom stereocenters. The van der Waals surface area contributed by atoms with E-state index >= 15 is 0 Å². The lowest BCUT2D eigenvalue weighted by Gasteiger charge is -2.32. The van der Waals surface area contributed by atoms with E-state index in [9.17, 15) is 22.4 Å². The molecule has 0 aliphatic rings. The van der Waals surface area contributed by atoms with Crippen LogP contribution in [-0.4, -0.2) is 50.0 Å². The second-order valence-corrected chi connectivity index (χ2v) is 10.1. The summed E-state index contributed by atoms with van der Waals surface area (Å²) >= 11 is 0. The largest absolute Gasteiger partial charge is 0.352 e. The Kier molecular flexibility index (Phi) is 8.99. The molecule has 0 aliphatic heterocycles. The Morgan fingerprint density at radius 3 is 2.24 bits per heavy atom. The van der Waals surface area contributed by atoms with E-state index in [1.165, 1.54) is 23.1 Å². The molecule has 0 fully saturated rings. The van der Waals surface area contributed by atoms with E-state index in [0.717, 1.165) is 10.6 Å². The number of amides is 2. The normalized spacial score (nSPS) is 13.2. The van der Waals surface area contributed by atoms with Crippen molar-refractivity contribution in [1.82, 2.24) is 10.2 Å². The van der Waals surface area contributed by atoms with Crippen LogP contribution < -0.4 is 9.62 Å². The number of carbonyl (C=O) groups is 2. The minimum atomic E-state index is -3.81. The lowest BCUT2D eigenvalue weighted by Crippen LogP contribution is -2.52. The maximum absolute atomic E-state index is 14.4. The van der Waals surface area contributed by atoms with Gasteiger partial charge in [-0.3, -0.25) is 13.9 Å². The third-order valence-corrected chi connectivity index (χ3v) is 6.66. The first-order chi connectivity index (χ1) is 15.5. The van der Waals surface area contributed by atoms with Crippen LogP contribution in [0.25, 0.3) is 0 Å². The van der Waals surface area contributed by atoms with Crippen molar-refractivity contribution < 1.29 is 22.4 Å². The first-order valence-electron chi connectivity index (χ1n) is 10.8. The maximum atomic E-state index is 14.4. The lowest BCUT2D eigenvalue weighted by atomic mass is 10.1. The van der Waals surface area contributed by atoms with E-state index in [0.29, 0.717) is 17.7 Å². The molecular formula is C24H32FN3O4S. The number of nitrogens with zero attached hydrogens (tertiary/aromatic N) is 2. The molecular weight excluding hydrogens is 445 g/mol. The van der Waals surface area contributed by atoms with Gasteiger partial charge in [-0.15, -0.1) is 0 Å². The minimum Gasteiger partial charge on any atom is -0.352 e. The summed E-state index contributed by atoms with van der Waals surface area (Å²) in [6.45, 7) is 6.37. The molecule has 2 amide bonds. The number of hydrogen-bond acceptors (Lipinski definition) is 4. The molecule has 0 aromatic heterocycles. The third-order valence-electron chi connectivity index (χ3n) is 5.53. The lowest BCUT2D eigenvalue weighted by molar-refractivity contribution is -0.139. The summed E-state index contributed by atoms with van der Waals surface area (Å²) in [5.41, 5.74) is 1.28. The summed E-state index contributed by atoms with van der Waals surface area (Å²) in [5, 5.41) is 2.83. The van der Waals surface area contributed by atoms with Crippen molar-refractivity contribution in [2.24, 2.45) is 0 Å². The van der Waals surface area contributed by atoms with Gasteiger partial charge in [0, 0.05) is 18.2 Å². The number of halogens is 1. The van der Waals surface area contributed by atoms with E-state index in [4.69, 9.17) is 0 Å². The fourth-order valence-electron chi connectivity index (χ4n) is 3.30. The van der Waals surface area contributed by atoms with Crippen LogP contribution in [0, 0.1) is 12.7 Å². The number of anilines is 1. The van der Waals surface area contributed by atoms with Crippen LogP contribution in [0.3, 0.4) is 0 Å².